The molecule has 0 bridgehead atoms. The lowest BCUT2D eigenvalue weighted by Crippen LogP contribution is -2.03. The monoisotopic (exact) mass is 1750 g/mol. The van der Waals surface area contributed by atoms with Crippen LogP contribution in [0, 0.1) is 6.92 Å². The largest absolute Gasteiger partial charge is 0.317 e. The molecule has 1 aliphatic rings. The molecule has 0 N–H and O–H groups in total. The maximum atomic E-state index is 2.49. The van der Waals surface area contributed by atoms with Gasteiger partial charge in [-0.2, -0.15) is 0 Å². The molecule has 25 aromatic rings. The van der Waals surface area contributed by atoms with Gasteiger partial charge in [-0.1, -0.05) is 329 Å². The van der Waals surface area contributed by atoms with E-state index in [9.17, 15) is 0 Å². The summed E-state index contributed by atoms with van der Waals surface area (Å²) >= 11 is 0. The summed E-state index contributed by atoms with van der Waals surface area (Å²) in [6.07, 6.45) is 11.1. The van der Waals surface area contributed by atoms with Crippen LogP contribution in [0.3, 0.4) is 0 Å². The molecule has 0 spiro atoms. The first kappa shape index (κ1) is 85.3. The lowest BCUT2D eigenvalue weighted by molar-refractivity contribution is 0.956. The van der Waals surface area contributed by atoms with E-state index < -0.39 is 0 Å². The van der Waals surface area contributed by atoms with Crippen molar-refractivity contribution in [2.45, 2.75) is 41.5 Å². The number of hydrogen-bond donors (Lipinski definition) is 0. The smallest absolute Gasteiger partial charge is 0.0542 e. The summed E-state index contributed by atoms with van der Waals surface area (Å²) in [6, 6.07) is 174. The van der Waals surface area contributed by atoms with Crippen molar-refractivity contribution in [3.63, 3.8) is 0 Å². The summed E-state index contributed by atoms with van der Waals surface area (Å²) in [5, 5.41) is 9.73. The second-order valence-electron chi connectivity index (χ2n) is 34.6. The van der Waals surface area contributed by atoms with E-state index in [-0.39, 0.29) is 14.9 Å². The lowest BCUT2D eigenvalue weighted by atomic mass is 9.97. The van der Waals surface area contributed by atoms with Gasteiger partial charge in [-0.15, -0.1) is 0 Å². The lowest BCUT2D eigenvalue weighted by Gasteiger charge is -2.17. The molecule has 8 heteroatoms. The third-order valence-corrected chi connectivity index (χ3v) is 26.2. The van der Waals surface area contributed by atoms with Crippen LogP contribution in [-0.4, -0.2) is 36.5 Å². The highest BCUT2D eigenvalue weighted by atomic mass is 15.1. The van der Waals surface area contributed by atoms with Crippen molar-refractivity contribution in [1.29, 1.82) is 0 Å². The molecule has 8 nitrogen and oxygen atoms in total. The molecule has 8 heterocycles. The van der Waals surface area contributed by atoms with Gasteiger partial charge < -0.3 is 36.5 Å². The Morgan fingerprint density at radius 2 is 0.397 bits per heavy atom. The van der Waals surface area contributed by atoms with Crippen molar-refractivity contribution in [3.05, 3.63) is 527 Å². The molecule has 0 fully saturated rings. The van der Waals surface area contributed by atoms with Gasteiger partial charge in [-0.05, 0) is 254 Å². The number of allylic oxidation sites excluding steroid dienone is 4. The van der Waals surface area contributed by atoms with Crippen molar-refractivity contribution in [3.8, 4) is 102 Å². The second-order valence-corrected chi connectivity index (χ2v) is 34.6. The quantitative estimate of drug-likeness (QED) is 0.104. The van der Waals surface area contributed by atoms with Gasteiger partial charge in [-0.25, -0.2) is 0 Å². The van der Waals surface area contributed by atoms with Crippen LogP contribution in [0.15, 0.2) is 515 Å². The Labute approximate surface area is 793 Å². The van der Waals surface area contributed by atoms with Crippen LogP contribution in [-0.2, 0) is 0 Å². The Morgan fingerprint density at radius 3 is 0.691 bits per heavy atom. The van der Waals surface area contributed by atoms with Crippen molar-refractivity contribution in [1.82, 2.24) is 36.5 Å². The zero-order valence-electron chi connectivity index (χ0n) is 74.5. The number of fused-ring (bicyclic) bond motifs is 8. The van der Waals surface area contributed by atoms with Crippen LogP contribution < -0.4 is 0 Å². The second kappa shape index (κ2) is 37.4. The summed E-state index contributed by atoms with van der Waals surface area (Å²) in [5.41, 5.74) is 35.8. The van der Waals surface area contributed by atoms with Gasteiger partial charge in [0.05, 0.1) is 78.3 Å². The average Bonchev–Trinajstić information content (AvgIpc) is 1.57. The maximum Gasteiger partial charge on any atom is 0.0542 e. The Balaban J connectivity index is 0.000000145. The highest BCUT2D eigenvalue weighted by Crippen LogP contribution is 2.44. The van der Waals surface area contributed by atoms with Crippen LogP contribution in [0.1, 0.15) is 45.9 Å². The van der Waals surface area contributed by atoms with Crippen LogP contribution >= 0.6 is 0 Å². The van der Waals surface area contributed by atoms with E-state index in [0.29, 0.717) is 0 Å². The minimum Gasteiger partial charge on any atom is -0.317 e. The Morgan fingerprint density at radius 1 is 0.169 bits per heavy atom. The molecule has 0 unspecified atom stereocenters. The zero-order chi connectivity index (χ0) is 89.4. The molecular weight excluding hydrogens is 1650 g/mol. The molecule has 26 rings (SSSR count). The summed E-state index contributed by atoms with van der Waals surface area (Å²) in [5.74, 6) is 0. The topological polar surface area (TPSA) is 39.4 Å². The molecule has 654 valence electrons. The first-order valence-electron chi connectivity index (χ1n) is 46.1. The first-order chi connectivity index (χ1) is 66.3. The fourth-order valence-electron chi connectivity index (χ4n) is 19.6. The van der Waals surface area contributed by atoms with Crippen LogP contribution in [0.4, 0.5) is 0 Å². The molecule has 136 heavy (non-hydrogen) atoms. The Kier molecular flexibility index (Phi) is 23.5. The number of para-hydroxylation sites is 4. The van der Waals surface area contributed by atoms with Gasteiger partial charge >= 0.3 is 0 Å². The zero-order valence-corrected chi connectivity index (χ0v) is 74.5. The highest BCUT2D eigenvalue weighted by Gasteiger charge is 2.24. The standard InChI is InChI=1S/C64H48N4.C50H34N4.2C6H6.2CH4/c1-43-21-25-47(26-22-43)61-39-51-41-64-52(42-63(51)67(61)55-33-29-53(30-34-55)65-57-19-11-9-17-49(57)37-59(65)45-13-5-3-6-14-45)40-62(48-27-23-44(2)24-28-48)68(64)56-35-31-54(32-36-56)66-58-20-12-10-18-50(58)38-60(66)46-15-7-4-8-16-46;1-3-11-35(12-4-1)49-33-37-15-7-9-17-45(37)53(49)43-23-19-41(20-24-43)51-29-27-39-32-48-40(31-47(39)51)28-30-52(48)42-21-25-44(26-22-42)54-46-18-10-8-16-38(46)34-50(54)36-13-5-2-6-14-36;2*1-2-4-6-5-3-1;;/h3-23,25-27,29-42H,24,28H2,1-2H3;1-34H;2*1-6H;2*1H4. The fourth-order valence-corrected chi connectivity index (χ4v) is 19.6. The molecule has 0 radical (unpaired) electrons. The minimum absolute atomic E-state index is 0. The SMILES string of the molecule is C.C.CC1=CC=C(c2cc3cc4c(cc(-c5ccc(C)cc5)n4-c4ccc(-n5c(-c6ccccc6)cc6ccccc65)cc4)cc3n2-c2ccc(-n3c(-c4ccccc4)cc4ccccc43)cc2)CC1.c1ccc(-c2cc3ccccc3n2-c2ccc(-n3ccc4cc5c(ccn5-c5ccc(-n6c(-c7ccccc7)cc7ccccc76)cc5)cc43)cc2)cc1.c1ccccc1.c1ccccc1. The van der Waals surface area contributed by atoms with Crippen LogP contribution in [0.2, 0.25) is 0 Å². The number of aromatic nitrogens is 8. The van der Waals surface area contributed by atoms with Gasteiger partial charge in [-0.3, -0.25) is 0 Å². The number of rotatable bonds is 14. The molecule has 17 aromatic carbocycles. The van der Waals surface area contributed by atoms with E-state index in [1.54, 1.807) is 0 Å². The summed E-state index contributed by atoms with van der Waals surface area (Å²) in [4.78, 5) is 0. The van der Waals surface area contributed by atoms with Gasteiger partial charge in [0, 0.05) is 101 Å². The van der Waals surface area contributed by atoms with Gasteiger partial charge in [0.25, 0.3) is 0 Å². The molecule has 8 aromatic heterocycles. The molecule has 0 atom stereocenters. The van der Waals surface area contributed by atoms with Crippen molar-refractivity contribution in [2.24, 2.45) is 0 Å². The third-order valence-electron chi connectivity index (χ3n) is 26.2. The van der Waals surface area contributed by atoms with E-state index in [0.717, 1.165) is 64.0 Å². The predicted molar refractivity (Wildman–Crippen MR) is 577 cm³/mol. The Bertz CT molecular complexity index is 8290. The molecule has 1 aliphatic carbocycles. The van der Waals surface area contributed by atoms with E-state index in [2.05, 4.69) is 487 Å². The average molecular weight is 1750 g/mol. The number of benzene rings is 17. The number of hydrogen-bond acceptors (Lipinski definition) is 0. The van der Waals surface area contributed by atoms with Crippen LogP contribution in [0.5, 0.6) is 0 Å². The minimum atomic E-state index is 0. The predicted octanol–water partition coefficient (Wildman–Crippen LogP) is 34.3. The van der Waals surface area contributed by atoms with Gasteiger partial charge in [0.1, 0.15) is 0 Å². The summed E-state index contributed by atoms with van der Waals surface area (Å²) in [7, 11) is 0. The van der Waals surface area contributed by atoms with Crippen molar-refractivity contribution < 1.29 is 0 Å². The maximum absolute atomic E-state index is 2.49. The molecule has 0 saturated carbocycles. The third kappa shape index (κ3) is 16.3. The summed E-state index contributed by atoms with van der Waals surface area (Å²) < 4.78 is 19.1. The van der Waals surface area contributed by atoms with Gasteiger partial charge in [0.2, 0.25) is 0 Å². The van der Waals surface area contributed by atoms with E-state index >= 15 is 0 Å². The number of nitrogens with zero attached hydrogens (tertiary/aromatic N) is 8. The van der Waals surface area contributed by atoms with Crippen molar-refractivity contribution >= 4 is 92.8 Å². The highest BCUT2D eigenvalue weighted by molar-refractivity contribution is 6.03. The van der Waals surface area contributed by atoms with Gasteiger partial charge in [0.15, 0.2) is 0 Å². The molecule has 0 aliphatic heterocycles. The van der Waals surface area contributed by atoms with E-state index in [1.807, 2.05) is 72.8 Å². The normalized spacial score (nSPS) is 11.8. The van der Waals surface area contributed by atoms with E-state index in [1.165, 1.54) is 160 Å². The Hall–Kier alpha value is -17.5. The van der Waals surface area contributed by atoms with Crippen molar-refractivity contribution in [2.75, 3.05) is 0 Å². The number of aryl methyl sites for hydroxylation is 1. The molecule has 0 saturated heterocycles. The molecule has 0 amide bonds. The first-order valence-corrected chi connectivity index (χ1v) is 46.1. The van der Waals surface area contributed by atoms with E-state index in [4.69, 9.17) is 0 Å². The van der Waals surface area contributed by atoms with Crippen LogP contribution in [0.25, 0.3) is 195 Å². The summed E-state index contributed by atoms with van der Waals surface area (Å²) in [6.45, 7) is 4.40. The fraction of sp³-hybridized carbons (Fsp3) is 0.0469. The molecular formula is C128H102N8.